The monoisotopic (exact) mass is 459 g/mol. The van der Waals surface area contributed by atoms with Crippen molar-refractivity contribution in [1.82, 2.24) is 14.8 Å². The summed E-state index contributed by atoms with van der Waals surface area (Å²) in [6.07, 6.45) is 0. The molecule has 0 radical (unpaired) electrons. The summed E-state index contributed by atoms with van der Waals surface area (Å²) in [6, 6.07) is 15.9. The van der Waals surface area contributed by atoms with Crippen molar-refractivity contribution in [3.63, 3.8) is 0 Å². The molecule has 174 valence electrons. The lowest BCUT2D eigenvalue weighted by atomic mass is 10.1. The molecule has 5 rings (SSSR count). The zero-order valence-corrected chi connectivity index (χ0v) is 19.2. The van der Waals surface area contributed by atoms with Gasteiger partial charge in [-0.3, -0.25) is 9.48 Å². The predicted octanol–water partition coefficient (Wildman–Crippen LogP) is 4.32. The lowest BCUT2D eigenvalue weighted by molar-refractivity contribution is 0.102. The van der Waals surface area contributed by atoms with Gasteiger partial charge >= 0.3 is 0 Å². The van der Waals surface area contributed by atoms with Crippen LogP contribution in [0.5, 0.6) is 0 Å². The second-order valence-electron chi connectivity index (χ2n) is 8.43. The molecule has 0 spiro atoms. The van der Waals surface area contributed by atoms with Gasteiger partial charge in [-0.1, -0.05) is 30.3 Å². The molecule has 1 amide bonds. The van der Waals surface area contributed by atoms with Gasteiger partial charge in [-0.05, 0) is 43.7 Å². The Morgan fingerprint density at radius 2 is 1.82 bits per heavy atom. The van der Waals surface area contributed by atoms with Crippen molar-refractivity contribution in [2.45, 2.75) is 20.4 Å². The smallest absolute Gasteiger partial charge is 0.256 e. The van der Waals surface area contributed by atoms with Gasteiger partial charge in [-0.2, -0.15) is 5.10 Å². The lowest BCUT2D eigenvalue weighted by Crippen LogP contribution is -2.37. The number of benzene rings is 2. The van der Waals surface area contributed by atoms with Crippen LogP contribution in [-0.2, 0) is 11.3 Å². The van der Waals surface area contributed by atoms with Crippen molar-refractivity contribution in [2.75, 3.05) is 36.5 Å². The van der Waals surface area contributed by atoms with Crippen LogP contribution < -0.4 is 10.2 Å². The first kappa shape index (κ1) is 22.0. The number of aryl methyl sites for hydroxylation is 1. The standard InChI is InChI=1S/C26H26FN5O2/c1-17-25(18(2)32(30-17)16-19-7-9-20(27)10-8-19)29-26(33)22-15-24(31-11-13-34-14-12-31)28-23-6-4-3-5-21(22)23/h3-10,15H,11-14,16H2,1-2H3,(H,29,33). The van der Waals surface area contributed by atoms with Crippen LogP contribution in [0.15, 0.2) is 54.6 Å². The Bertz CT molecular complexity index is 1340. The van der Waals surface area contributed by atoms with Crippen LogP contribution >= 0.6 is 0 Å². The highest BCUT2D eigenvalue weighted by molar-refractivity contribution is 6.13. The number of ether oxygens (including phenoxy) is 1. The molecule has 1 aliphatic heterocycles. The molecule has 1 saturated heterocycles. The number of anilines is 2. The number of hydrogen-bond donors (Lipinski definition) is 1. The third-order valence-corrected chi connectivity index (χ3v) is 6.15. The Morgan fingerprint density at radius 1 is 1.09 bits per heavy atom. The van der Waals surface area contributed by atoms with E-state index in [-0.39, 0.29) is 11.7 Å². The van der Waals surface area contributed by atoms with Gasteiger partial charge in [0.15, 0.2) is 0 Å². The van der Waals surface area contributed by atoms with E-state index in [1.165, 1.54) is 12.1 Å². The third kappa shape index (κ3) is 4.36. The van der Waals surface area contributed by atoms with E-state index >= 15 is 0 Å². The van der Waals surface area contributed by atoms with Crippen LogP contribution in [0.25, 0.3) is 10.9 Å². The van der Waals surface area contributed by atoms with Crippen LogP contribution in [-0.4, -0.2) is 47.0 Å². The number of amides is 1. The quantitative estimate of drug-likeness (QED) is 0.481. The fraction of sp³-hybridized carbons (Fsp3) is 0.269. The summed E-state index contributed by atoms with van der Waals surface area (Å²) in [5, 5.41) is 8.48. The van der Waals surface area contributed by atoms with Gasteiger partial charge < -0.3 is 15.0 Å². The van der Waals surface area contributed by atoms with E-state index < -0.39 is 0 Å². The van der Waals surface area contributed by atoms with E-state index in [2.05, 4.69) is 15.3 Å². The number of nitrogens with zero attached hydrogens (tertiary/aromatic N) is 4. The topological polar surface area (TPSA) is 72.3 Å². The number of hydrogen-bond acceptors (Lipinski definition) is 5. The highest BCUT2D eigenvalue weighted by Crippen LogP contribution is 2.27. The van der Waals surface area contributed by atoms with Gasteiger partial charge in [0, 0.05) is 18.5 Å². The van der Waals surface area contributed by atoms with Crippen LogP contribution in [0, 0.1) is 19.7 Å². The number of halogens is 1. The molecular formula is C26H26FN5O2. The highest BCUT2D eigenvalue weighted by Gasteiger charge is 2.20. The Kier molecular flexibility index (Phi) is 5.98. The highest BCUT2D eigenvalue weighted by atomic mass is 19.1. The second-order valence-corrected chi connectivity index (χ2v) is 8.43. The lowest BCUT2D eigenvalue weighted by Gasteiger charge is -2.28. The number of morpholine rings is 1. The summed E-state index contributed by atoms with van der Waals surface area (Å²) in [4.78, 5) is 20.4. The normalized spacial score (nSPS) is 13.9. The Labute approximate surface area is 197 Å². The van der Waals surface area contributed by atoms with Crippen LogP contribution in [0.2, 0.25) is 0 Å². The van der Waals surface area contributed by atoms with E-state index in [4.69, 9.17) is 9.72 Å². The molecule has 2 aromatic heterocycles. The molecule has 4 aromatic rings. The Balaban J connectivity index is 1.45. The number of pyridine rings is 1. The SMILES string of the molecule is Cc1nn(Cc2ccc(F)cc2)c(C)c1NC(=O)c1cc(N2CCOCC2)nc2ccccc12. The molecule has 2 aromatic carbocycles. The van der Waals surface area contributed by atoms with E-state index in [9.17, 15) is 9.18 Å². The summed E-state index contributed by atoms with van der Waals surface area (Å²) in [5.41, 5.74) is 4.51. The molecule has 7 nitrogen and oxygen atoms in total. The second kappa shape index (κ2) is 9.23. The first-order chi connectivity index (χ1) is 16.5. The van der Waals surface area contributed by atoms with Crippen LogP contribution in [0.3, 0.4) is 0 Å². The van der Waals surface area contributed by atoms with E-state index in [0.717, 1.165) is 46.8 Å². The van der Waals surface area contributed by atoms with Crippen molar-refractivity contribution in [2.24, 2.45) is 0 Å². The fourth-order valence-corrected chi connectivity index (χ4v) is 4.28. The van der Waals surface area contributed by atoms with Gasteiger partial charge in [-0.15, -0.1) is 0 Å². The average molecular weight is 460 g/mol. The van der Waals surface area contributed by atoms with Crippen LogP contribution in [0.4, 0.5) is 15.9 Å². The zero-order chi connectivity index (χ0) is 23.7. The number of para-hydroxylation sites is 1. The summed E-state index contributed by atoms with van der Waals surface area (Å²) in [7, 11) is 0. The van der Waals surface area contributed by atoms with E-state index in [1.54, 1.807) is 12.1 Å². The van der Waals surface area contributed by atoms with Crippen LogP contribution in [0.1, 0.15) is 27.3 Å². The molecule has 0 atom stereocenters. The fourth-order valence-electron chi connectivity index (χ4n) is 4.28. The molecule has 1 N–H and O–H groups in total. The van der Waals surface area contributed by atoms with E-state index in [0.29, 0.717) is 31.0 Å². The molecule has 0 saturated carbocycles. The maximum Gasteiger partial charge on any atom is 0.256 e. The minimum absolute atomic E-state index is 0.208. The number of rotatable bonds is 5. The van der Waals surface area contributed by atoms with Gasteiger partial charge in [0.1, 0.15) is 11.6 Å². The first-order valence-electron chi connectivity index (χ1n) is 11.3. The van der Waals surface area contributed by atoms with Crippen molar-refractivity contribution < 1.29 is 13.9 Å². The minimum atomic E-state index is -0.272. The third-order valence-electron chi connectivity index (χ3n) is 6.15. The largest absolute Gasteiger partial charge is 0.378 e. The van der Waals surface area contributed by atoms with Crippen molar-refractivity contribution in [3.8, 4) is 0 Å². The van der Waals surface area contributed by atoms with Gasteiger partial charge in [0.25, 0.3) is 5.91 Å². The van der Waals surface area contributed by atoms with Gasteiger partial charge in [0.2, 0.25) is 0 Å². The summed E-state index contributed by atoms with van der Waals surface area (Å²) >= 11 is 0. The molecule has 0 unspecified atom stereocenters. The summed E-state index contributed by atoms with van der Waals surface area (Å²) < 4.78 is 20.5. The van der Waals surface area contributed by atoms with Gasteiger partial charge in [-0.25, -0.2) is 9.37 Å². The first-order valence-corrected chi connectivity index (χ1v) is 11.3. The number of aromatic nitrogens is 3. The molecule has 1 fully saturated rings. The average Bonchev–Trinajstić information content (AvgIpc) is 3.12. The zero-order valence-electron chi connectivity index (χ0n) is 19.2. The van der Waals surface area contributed by atoms with Gasteiger partial charge in [0.05, 0.1) is 47.9 Å². The van der Waals surface area contributed by atoms with Crippen molar-refractivity contribution in [3.05, 3.63) is 82.9 Å². The number of fused-ring (bicyclic) bond motifs is 1. The number of carbonyl (C=O) groups is 1. The summed E-state index contributed by atoms with van der Waals surface area (Å²) in [6.45, 7) is 7.03. The molecule has 1 aliphatic rings. The maximum atomic E-state index is 13.5. The molecule has 0 aliphatic carbocycles. The Hall–Kier alpha value is -3.78. The minimum Gasteiger partial charge on any atom is -0.378 e. The molecule has 34 heavy (non-hydrogen) atoms. The molecule has 0 bridgehead atoms. The summed E-state index contributed by atoms with van der Waals surface area (Å²) in [5.74, 6) is 0.291. The number of nitrogens with one attached hydrogen (secondary N) is 1. The number of carbonyl (C=O) groups excluding carboxylic acids is 1. The maximum absolute atomic E-state index is 13.5. The predicted molar refractivity (Wildman–Crippen MR) is 130 cm³/mol. The Morgan fingerprint density at radius 3 is 2.59 bits per heavy atom. The van der Waals surface area contributed by atoms with Crippen molar-refractivity contribution in [1.29, 1.82) is 0 Å². The van der Waals surface area contributed by atoms with E-state index in [1.807, 2.05) is 48.9 Å². The molecular weight excluding hydrogens is 433 g/mol. The molecule has 8 heteroatoms. The van der Waals surface area contributed by atoms with Crippen molar-refractivity contribution >= 4 is 28.3 Å². The molecule has 3 heterocycles.